The van der Waals surface area contributed by atoms with Gasteiger partial charge in [0.1, 0.15) is 18.1 Å². The summed E-state index contributed by atoms with van der Waals surface area (Å²) in [4.78, 5) is 29.8. The number of rotatable bonds is 9. The third kappa shape index (κ3) is 6.95. The molecule has 7 nitrogen and oxygen atoms in total. The molecule has 0 bridgehead atoms. The van der Waals surface area contributed by atoms with E-state index < -0.39 is 0 Å². The fourth-order valence-electron chi connectivity index (χ4n) is 2.63. The van der Waals surface area contributed by atoms with Crippen LogP contribution in [0.25, 0.3) is 6.08 Å². The van der Waals surface area contributed by atoms with Crippen LogP contribution in [-0.2, 0) is 16.2 Å². The summed E-state index contributed by atoms with van der Waals surface area (Å²) in [7, 11) is 3.34. The maximum atomic E-state index is 12.3. The van der Waals surface area contributed by atoms with Crippen molar-refractivity contribution in [2.45, 2.75) is 13.5 Å². The average Bonchev–Trinajstić information content (AvgIpc) is 3.21. The SMILES string of the molecule is Cc1nc(COc2ccccc2/C=C/C(=O)Nc2ccc(OCC(=O)N(C)C)cc2)cs1. The summed E-state index contributed by atoms with van der Waals surface area (Å²) in [6, 6.07) is 14.3. The highest BCUT2D eigenvalue weighted by Gasteiger charge is 2.06. The molecule has 0 saturated heterocycles. The van der Waals surface area contributed by atoms with Gasteiger partial charge in [0, 0.05) is 36.8 Å². The van der Waals surface area contributed by atoms with Crippen molar-refractivity contribution in [3.8, 4) is 11.5 Å². The number of carbonyl (C=O) groups is 2. The summed E-state index contributed by atoms with van der Waals surface area (Å²) in [6.45, 7) is 2.29. The first kappa shape index (κ1) is 23.0. The topological polar surface area (TPSA) is 80.8 Å². The highest BCUT2D eigenvalue weighted by molar-refractivity contribution is 7.09. The van der Waals surface area contributed by atoms with Gasteiger partial charge >= 0.3 is 0 Å². The molecule has 2 aromatic carbocycles. The van der Waals surface area contributed by atoms with Crippen LogP contribution in [0.15, 0.2) is 60.0 Å². The molecule has 0 fully saturated rings. The van der Waals surface area contributed by atoms with Crippen LogP contribution >= 0.6 is 11.3 Å². The summed E-state index contributed by atoms with van der Waals surface area (Å²) in [5.41, 5.74) is 2.29. The zero-order valence-corrected chi connectivity index (χ0v) is 19.0. The molecule has 2 amide bonds. The lowest BCUT2D eigenvalue weighted by molar-refractivity contribution is -0.130. The van der Waals surface area contributed by atoms with E-state index >= 15 is 0 Å². The molecule has 0 unspecified atom stereocenters. The van der Waals surface area contributed by atoms with E-state index in [-0.39, 0.29) is 18.4 Å². The second kappa shape index (κ2) is 11.1. The number of carbonyl (C=O) groups excluding carboxylic acids is 2. The van der Waals surface area contributed by atoms with E-state index in [0.717, 1.165) is 16.3 Å². The van der Waals surface area contributed by atoms with Crippen LogP contribution in [0, 0.1) is 6.92 Å². The number of likely N-dealkylation sites (N-methyl/N-ethyl adjacent to an activating group) is 1. The molecule has 3 aromatic rings. The van der Waals surface area contributed by atoms with Gasteiger partial charge in [0.05, 0.1) is 10.7 Å². The number of thiazole rings is 1. The highest BCUT2D eigenvalue weighted by atomic mass is 32.1. The number of anilines is 1. The fourth-order valence-corrected chi connectivity index (χ4v) is 3.23. The first-order valence-electron chi connectivity index (χ1n) is 9.95. The van der Waals surface area contributed by atoms with Gasteiger partial charge in [0.2, 0.25) is 5.91 Å². The molecular formula is C24H25N3O4S. The minimum atomic E-state index is -0.272. The molecule has 166 valence electrons. The van der Waals surface area contributed by atoms with Crippen LogP contribution in [0.1, 0.15) is 16.3 Å². The maximum absolute atomic E-state index is 12.3. The third-order valence-corrected chi connectivity index (χ3v) is 5.18. The number of para-hydroxylation sites is 1. The molecule has 1 N–H and O–H groups in total. The standard InChI is InChI=1S/C24H25N3O4S/c1-17-25-20(16-32-17)14-31-22-7-5-4-6-18(22)8-13-23(28)26-19-9-11-21(12-10-19)30-15-24(29)27(2)3/h4-13,16H,14-15H2,1-3H3,(H,26,28)/b13-8+. The lowest BCUT2D eigenvalue weighted by Crippen LogP contribution is -2.27. The summed E-state index contributed by atoms with van der Waals surface area (Å²) in [5.74, 6) is 0.830. The smallest absolute Gasteiger partial charge is 0.259 e. The van der Waals surface area contributed by atoms with Gasteiger partial charge < -0.3 is 19.7 Å². The Bertz CT molecular complexity index is 1090. The highest BCUT2D eigenvalue weighted by Crippen LogP contribution is 2.21. The van der Waals surface area contributed by atoms with E-state index in [1.165, 1.54) is 11.0 Å². The molecule has 8 heteroatoms. The molecular weight excluding hydrogens is 426 g/mol. The van der Waals surface area contributed by atoms with Gasteiger partial charge in [-0.25, -0.2) is 4.98 Å². The van der Waals surface area contributed by atoms with Gasteiger partial charge in [-0.3, -0.25) is 9.59 Å². The van der Waals surface area contributed by atoms with E-state index in [1.807, 2.05) is 36.6 Å². The van der Waals surface area contributed by atoms with Crippen molar-refractivity contribution in [2.24, 2.45) is 0 Å². The van der Waals surface area contributed by atoms with Gasteiger partial charge in [0.15, 0.2) is 6.61 Å². The lowest BCUT2D eigenvalue weighted by atomic mass is 10.2. The second-order valence-electron chi connectivity index (χ2n) is 7.11. The molecule has 0 aliphatic heterocycles. The Morgan fingerprint density at radius 1 is 1.09 bits per heavy atom. The molecule has 0 aliphatic carbocycles. The van der Waals surface area contributed by atoms with Gasteiger partial charge in [-0.2, -0.15) is 0 Å². The summed E-state index contributed by atoms with van der Waals surface area (Å²) in [6.07, 6.45) is 3.16. The Hall–Kier alpha value is -3.65. The first-order valence-corrected chi connectivity index (χ1v) is 10.8. The quantitative estimate of drug-likeness (QED) is 0.495. The van der Waals surface area contributed by atoms with Crippen molar-refractivity contribution >= 4 is 34.9 Å². The number of benzene rings is 2. The Labute approximate surface area is 191 Å². The predicted octanol–water partition coefficient (Wildman–Crippen LogP) is 4.15. The van der Waals surface area contributed by atoms with Gasteiger partial charge in [0.25, 0.3) is 5.91 Å². The second-order valence-corrected chi connectivity index (χ2v) is 8.17. The van der Waals surface area contributed by atoms with Crippen molar-refractivity contribution in [3.63, 3.8) is 0 Å². The Kier molecular flexibility index (Phi) is 7.99. The summed E-state index contributed by atoms with van der Waals surface area (Å²) < 4.78 is 11.3. The largest absolute Gasteiger partial charge is 0.487 e. The fraction of sp³-hybridized carbons (Fsp3) is 0.208. The van der Waals surface area contributed by atoms with Crippen LogP contribution in [0.5, 0.6) is 11.5 Å². The number of aryl methyl sites for hydroxylation is 1. The predicted molar refractivity (Wildman–Crippen MR) is 126 cm³/mol. The van der Waals surface area contributed by atoms with Gasteiger partial charge in [-0.15, -0.1) is 11.3 Å². The number of hydrogen-bond acceptors (Lipinski definition) is 6. The lowest BCUT2D eigenvalue weighted by Gasteiger charge is -2.11. The number of nitrogens with one attached hydrogen (secondary N) is 1. The number of ether oxygens (including phenoxy) is 2. The number of amides is 2. The van der Waals surface area contributed by atoms with Gasteiger partial charge in [-0.05, 0) is 43.3 Å². The summed E-state index contributed by atoms with van der Waals surface area (Å²) >= 11 is 1.58. The van der Waals surface area contributed by atoms with E-state index in [2.05, 4.69) is 10.3 Å². The normalized spacial score (nSPS) is 10.7. The van der Waals surface area contributed by atoms with Crippen LogP contribution < -0.4 is 14.8 Å². The Morgan fingerprint density at radius 2 is 1.84 bits per heavy atom. The molecule has 0 saturated carbocycles. The monoisotopic (exact) mass is 451 g/mol. The van der Waals surface area contributed by atoms with Crippen molar-refractivity contribution in [1.82, 2.24) is 9.88 Å². The van der Waals surface area contributed by atoms with E-state index in [9.17, 15) is 9.59 Å². The minimum absolute atomic E-state index is 0.0367. The molecule has 1 heterocycles. The summed E-state index contributed by atoms with van der Waals surface area (Å²) in [5, 5.41) is 5.76. The van der Waals surface area contributed by atoms with E-state index in [0.29, 0.717) is 23.8 Å². The maximum Gasteiger partial charge on any atom is 0.259 e. The molecule has 1 aromatic heterocycles. The zero-order chi connectivity index (χ0) is 22.9. The van der Waals surface area contributed by atoms with E-state index in [4.69, 9.17) is 9.47 Å². The Balaban J connectivity index is 1.54. The van der Waals surface area contributed by atoms with E-state index in [1.54, 1.807) is 55.8 Å². The van der Waals surface area contributed by atoms with Crippen LogP contribution in [0.2, 0.25) is 0 Å². The molecule has 32 heavy (non-hydrogen) atoms. The van der Waals surface area contributed by atoms with Gasteiger partial charge in [-0.1, -0.05) is 18.2 Å². The number of nitrogens with zero attached hydrogens (tertiary/aromatic N) is 2. The molecule has 3 rings (SSSR count). The zero-order valence-electron chi connectivity index (χ0n) is 18.2. The molecule has 0 aliphatic rings. The van der Waals surface area contributed by atoms with Crippen LogP contribution in [-0.4, -0.2) is 42.4 Å². The number of hydrogen-bond donors (Lipinski definition) is 1. The first-order chi connectivity index (χ1) is 15.4. The minimum Gasteiger partial charge on any atom is -0.487 e. The Morgan fingerprint density at radius 3 is 2.53 bits per heavy atom. The number of aromatic nitrogens is 1. The third-order valence-electron chi connectivity index (χ3n) is 4.36. The van der Waals surface area contributed by atoms with Crippen molar-refractivity contribution in [3.05, 3.63) is 76.3 Å². The molecule has 0 spiro atoms. The molecule has 0 atom stereocenters. The van der Waals surface area contributed by atoms with Crippen molar-refractivity contribution in [1.29, 1.82) is 0 Å². The average molecular weight is 452 g/mol. The van der Waals surface area contributed by atoms with Crippen LogP contribution in [0.4, 0.5) is 5.69 Å². The van der Waals surface area contributed by atoms with Crippen LogP contribution in [0.3, 0.4) is 0 Å². The molecule has 0 radical (unpaired) electrons. The van der Waals surface area contributed by atoms with Crippen molar-refractivity contribution < 1.29 is 19.1 Å². The van der Waals surface area contributed by atoms with Crippen molar-refractivity contribution in [2.75, 3.05) is 26.0 Å².